The van der Waals surface area contributed by atoms with Crippen molar-refractivity contribution in [1.29, 1.82) is 0 Å². The molecule has 1 amide bonds. The predicted molar refractivity (Wildman–Crippen MR) is 81.7 cm³/mol. The molecule has 0 bridgehead atoms. The zero-order chi connectivity index (χ0) is 15.2. The molecule has 0 radical (unpaired) electrons. The second-order valence-electron chi connectivity index (χ2n) is 5.15. The Morgan fingerprint density at radius 2 is 1.81 bits per heavy atom. The Kier molecular flexibility index (Phi) is 5.59. The molecule has 0 aromatic heterocycles. The predicted octanol–water partition coefficient (Wildman–Crippen LogP) is 2.24. The fourth-order valence-electron chi connectivity index (χ4n) is 2.47. The number of carboxylic acid groups (broad SMARTS) is 1. The lowest BCUT2D eigenvalue weighted by atomic mass is 10.2. The average molecular weight is 311 g/mol. The Hall–Kier alpha value is -1.59. The maximum absolute atomic E-state index is 12.3. The summed E-state index contributed by atoms with van der Waals surface area (Å²) in [6.45, 7) is 2.39. The van der Waals surface area contributed by atoms with Crippen molar-refractivity contribution in [2.24, 2.45) is 0 Å². The van der Waals surface area contributed by atoms with Gasteiger partial charge in [-0.1, -0.05) is 11.6 Å². The summed E-state index contributed by atoms with van der Waals surface area (Å²) in [5.41, 5.74) is 0.563. The van der Waals surface area contributed by atoms with E-state index in [-0.39, 0.29) is 12.5 Å². The van der Waals surface area contributed by atoms with Crippen LogP contribution in [0.25, 0.3) is 0 Å². The normalized spacial score (nSPS) is 15.1. The molecule has 0 atom stereocenters. The Morgan fingerprint density at radius 3 is 2.38 bits per heavy atom. The second-order valence-corrected chi connectivity index (χ2v) is 5.59. The fourth-order valence-corrected chi connectivity index (χ4v) is 2.60. The van der Waals surface area contributed by atoms with Crippen molar-refractivity contribution in [3.63, 3.8) is 0 Å². The van der Waals surface area contributed by atoms with Gasteiger partial charge in [0.2, 0.25) is 5.91 Å². The van der Waals surface area contributed by atoms with E-state index >= 15 is 0 Å². The van der Waals surface area contributed by atoms with Gasteiger partial charge in [-0.15, -0.1) is 0 Å². The van der Waals surface area contributed by atoms with Crippen LogP contribution >= 0.6 is 11.6 Å². The summed E-state index contributed by atoms with van der Waals surface area (Å²) >= 11 is 5.82. The van der Waals surface area contributed by atoms with Crippen LogP contribution in [-0.2, 0) is 9.59 Å². The van der Waals surface area contributed by atoms with E-state index < -0.39 is 5.97 Å². The van der Waals surface area contributed by atoms with E-state index in [1.54, 1.807) is 24.3 Å². The van der Waals surface area contributed by atoms with Gasteiger partial charge in [0.15, 0.2) is 0 Å². The van der Waals surface area contributed by atoms with E-state index in [9.17, 15) is 9.59 Å². The highest BCUT2D eigenvalue weighted by atomic mass is 35.5. The average Bonchev–Trinajstić information content (AvgIpc) is 2.96. The van der Waals surface area contributed by atoms with E-state index in [4.69, 9.17) is 16.7 Å². The first-order valence-electron chi connectivity index (χ1n) is 7.06. The van der Waals surface area contributed by atoms with Crippen molar-refractivity contribution in [1.82, 2.24) is 4.90 Å². The molecular weight excluding hydrogens is 292 g/mol. The lowest BCUT2D eigenvalue weighted by Crippen LogP contribution is -2.37. The molecule has 1 N–H and O–H groups in total. The minimum Gasteiger partial charge on any atom is -0.480 e. The fraction of sp³-hybridized carbons (Fsp3) is 0.467. The van der Waals surface area contributed by atoms with Gasteiger partial charge in [-0.05, 0) is 50.2 Å². The maximum Gasteiger partial charge on any atom is 0.323 e. The Bertz CT molecular complexity index is 498. The first-order valence-corrected chi connectivity index (χ1v) is 7.44. The molecule has 21 heavy (non-hydrogen) atoms. The Morgan fingerprint density at radius 1 is 1.19 bits per heavy atom. The molecule has 0 spiro atoms. The summed E-state index contributed by atoms with van der Waals surface area (Å²) in [5, 5.41) is 9.55. The number of hydrogen-bond donors (Lipinski definition) is 1. The van der Waals surface area contributed by atoms with Crippen LogP contribution in [0.1, 0.15) is 19.3 Å². The molecule has 1 aliphatic heterocycles. The number of amides is 1. The smallest absolute Gasteiger partial charge is 0.323 e. The zero-order valence-electron chi connectivity index (χ0n) is 11.8. The van der Waals surface area contributed by atoms with Crippen molar-refractivity contribution >= 4 is 29.2 Å². The van der Waals surface area contributed by atoms with Crippen LogP contribution in [0.5, 0.6) is 0 Å². The minimum atomic E-state index is -1.03. The van der Waals surface area contributed by atoms with Gasteiger partial charge >= 0.3 is 5.97 Å². The molecule has 1 aromatic carbocycles. The van der Waals surface area contributed by atoms with Crippen LogP contribution in [-0.4, -0.2) is 48.1 Å². The van der Waals surface area contributed by atoms with Gasteiger partial charge in [-0.3, -0.25) is 9.59 Å². The summed E-state index contributed by atoms with van der Waals surface area (Å²) in [4.78, 5) is 26.8. The van der Waals surface area contributed by atoms with Crippen molar-refractivity contribution in [3.05, 3.63) is 29.3 Å². The molecule has 0 saturated carbocycles. The molecule has 1 aliphatic rings. The van der Waals surface area contributed by atoms with Crippen LogP contribution in [0.4, 0.5) is 5.69 Å². The number of rotatable bonds is 6. The topological polar surface area (TPSA) is 60.9 Å². The van der Waals surface area contributed by atoms with Gasteiger partial charge in [-0.25, -0.2) is 0 Å². The number of carbonyl (C=O) groups excluding carboxylic acids is 1. The molecule has 6 heteroatoms. The maximum atomic E-state index is 12.3. The molecule has 1 fully saturated rings. The molecule has 2 rings (SSSR count). The van der Waals surface area contributed by atoms with Crippen molar-refractivity contribution in [2.75, 3.05) is 31.1 Å². The largest absolute Gasteiger partial charge is 0.480 e. The molecule has 114 valence electrons. The minimum absolute atomic E-state index is 0.174. The van der Waals surface area contributed by atoms with Crippen molar-refractivity contribution < 1.29 is 14.7 Å². The number of hydrogen-bond acceptors (Lipinski definition) is 3. The molecule has 1 heterocycles. The quantitative estimate of drug-likeness (QED) is 0.875. The third-order valence-electron chi connectivity index (χ3n) is 3.57. The number of anilines is 1. The van der Waals surface area contributed by atoms with Crippen LogP contribution in [0.15, 0.2) is 24.3 Å². The first kappa shape index (κ1) is 15.8. The van der Waals surface area contributed by atoms with Gasteiger partial charge in [0.05, 0.1) is 0 Å². The third kappa shape index (κ3) is 4.72. The summed E-state index contributed by atoms with van der Waals surface area (Å²) in [6, 6.07) is 6.64. The van der Waals surface area contributed by atoms with Gasteiger partial charge in [0.25, 0.3) is 0 Å². The number of benzene rings is 1. The monoisotopic (exact) mass is 310 g/mol. The second kappa shape index (κ2) is 7.43. The van der Waals surface area contributed by atoms with Crippen LogP contribution in [0.2, 0.25) is 5.02 Å². The third-order valence-corrected chi connectivity index (χ3v) is 3.83. The summed E-state index contributed by atoms with van der Waals surface area (Å²) in [7, 11) is 0. The number of carboxylic acids is 1. The molecule has 1 aromatic rings. The molecule has 0 unspecified atom stereocenters. The number of aliphatic carboxylic acids is 1. The van der Waals surface area contributed by atoms with Crippen LogP contribution in [0, 0.1) is 0 Å². The zero-order valence-corrected chi connectivity index (χ0v) is 12.6. The number of halogens is 1. The highest BCUT2D eigenvalue weighted by molar-refractivity contribution is 6.30. The number of carbonyl (C=O) groups is 2. The molecule has 5 nitrogen and oxygen atoms in total. The van der Waals surface area contributed by atoms with E-state index in [2.05, 4.69) is 4.90 Å². The standard InChI is InChI=1S/C15H19ClN2O3/c16-12-3-5-13(6-4-12)18(11-15(20)21)14(19)7-10-17-8-1-2-9-17/h3-6H,1-2,7-11H2,(H,20,21). The van der Waals surface area contributed by atoms with Gasteiger partial charge in [0.1, 0.15) is 6.54 Å². The Balaban J connectivity index is 2.01. The molecular formula is C15H19ClN2O3. The van der Waals surface area contributed by atoms with Gasteiger partial charge in [0, 0.05) is 23.7 Å². The van der Waals surface area contributed by atoms with Crippen LogP contribution in [0.3, 0.4) is 0 Å². The van der Waals surface area contributed by atoms with E-state index in [1.165, 1.54) is 17.7 Å². The summed E-state index contributed by atoms with van der Waals surface area (Å²) in [6.07, 6.45) is 2.67. The lowest BCUT2D eigenvalue weighted by molar-refractivity contribution is -0.136. The van der Waals surface area contributed by atoms with Gasteiger partial charge < -0.3 is 14.9 Å². The van der Waals surface area contributed by atoms with Gasteiger partial charge in [-0.2, -0.15) is 0 Å². The molecule has 1 saturated heterocycles. The van der Waals surface area contributed by atoms with E-state index in [1.807, 2.05) is 0 Å². The van der Waals surface area contributed by atoms with Crippen LogP contribution < -0.4 is 4.90 Å². The lowest BCUT2D eigenvalue weighted by Gasteiger charge is -2.22. The van der Waals surface area contributed by atoms with Crippen molar-refractivity contribution in [3.8, 4) is 0 Å². The Labute approximate surface area is 129 Å². The van der Waals surface area contributed by atoms with E-state index in [0.717, 1.165) is 13.1 Å². The number of nitrogens with zero attached hydrogens (tertiary/aromatic N) is 2. The van der Waals surface area contributed by atoms with Crippen molar-refractivity contribution in [2.45, 2.75) is 19.3 Å². The highest BCUT2D eigenvalue weighted by Crippen LogP contribution is 2.19. The summed E-state index contributed by atoms with van der Waals surface area (Å²) < 4.78 is 0. The first-order chi connectivity index (χ1) is 10.1. The molecule has 0 aliphatic carbocycles. The number of likely N-dealkylation sites (tertiary alicyclic amines) is 1. The SMILES string of the molecule is O=C(O)CN(C(=O)CCN1CCCC1)c1ccc(Cl)cc1. The van der Waals surface area contributed by atoms with E-state index in [0.29, 0.717) is 23.7 Å². The highest BCUT2D eigenvalue weighted by Gasteiger charge is 2.20. The summed E-state index contributed by atoms with van der Waals surface area (Å²) in [5.74, 6) is -1.20.